The van der Waals surface area contributed by atoms with Crippen LogP contribution in [-0.2, 0) is 47.5 Å². The number of ether oxygens (including phenoxy) is 7. The third-order valence-corrected chi connectivity index (χ3v) is 12.0. The number of carbonyl (C=O) groups excluding carboxylic acids is 3. The lowest BCUT2D eigenvalue weighted by molar-refractivity contribution is -0.318. The second kappa shape index (κ2) is 18.5. The molecular formula is C39H69NO13. The van der Waals surface area contributed by atoms with Crippen LogP contribution in [-0.4, -0.2) is 138 Å². The first-order chi connectivity index (χ1) is 24.5. The number of aliphatic hydroxyl groups excluding tert-OH is 2. The normalized spacial score (nSPS) is 46.8. The summed E-state index contributed by atoms with van der Waals surface area (Å²) in [6.45, 7) is 18.7. The third-order valence-electron chi connectivity index (χ3n) is 12.0. The van der Waals surface area contributed by atoms with Crippen LogP contribution in [0.2, 0.25) is 0 Å². The molecule has 3 saturated heterocycles. The Morgan fingerprint density at radius 2 is 1.53 bits per heavy atom. The predicted molar refractivity (Wildman–Crippen MR) is 194 cm³/mol. The second-order valence-electron chi connectivity index (χ2n) is 16.8. The zero-order valence-electron chi connectivity index (χ0n) is 34.4. The SMILES string of the molecule is CC[C@H]1OC(=O)[C@H](C)[C@@H](O[C@H]2C[C@@](C)(OC)[C@@H](OC(C)=O)[C@H](C)O2)[C@H](C)[C@@H](O[C@@H]2O[C@H](C)C[C@H](N(C)C)[C@H]2O)[C@](C)(O)C[C@@H](C)C(=O)[C@H](C)[C@@H](O)[C@H]1C. The molecule has 14 nitrogen and oxygen atoms in total. The van der Waals surface area contributed by atoms with E-state index in [2.05, 4.69) is 0 Å². The molecule has 3 fully saturated rings. The molecule has 0 aromatic heterocycles. The molecule has 0 amide bonds. The number of cyclic esters (lactones) is 1. The van der Waals surface area contributed by atoms with Crippen LogP contribution in [0.25, 0.3) is 0 Å². The highest BCUT2D eigenvalue weighted by Gasteiger charge is 2.53. The van der Waals surface area contributed by atoms with Gasteiger partial charge in [0.15, 0.2) is 18.7 Å². The number of likely N-dealkylation sites (N-methyl/N-ethyl adjacent to an activating group) is 1. The van der Waals surface area contributed by atoms with Gasteiger partial charge in [-0.05, 0) is 68.0 Å². The summed E-state index contributed by atoms with van der Waals surface area (Å²) < 4.78 is 43.4. The van der Waals surface area contributed by atoms with E-state index in [9.17, 15) is 29.7 Å². The number of carbonyl (C=O) groups is 3. The van der Waals surface area contributed by atoms with Gasteiger partial charge >= 0.3 is 11.9 Å². The molecule has 0 spiro atoms. The van der Waals surface area contributed by atoms with E-state index in [0.29, 0.717) is 12.8 Å². The van der Waals surface area contributed by atoms with E-state index in [1.165, 1.54) is 14.0 Å². The van der Waals surface area contributed by atoms with Crippen molar-refractivity contribution in [1.29, 1.82) is 0 Å². The Morgan fingerprint density at radius 1 is 0.906 bits per heavy atom. The summed E-state index contributed by atoms with van der Waals surface area (Å²) in [5, 5.41) is 35.3. The molecule has 0 saturated carbocycles. The van der Waals surface area contributed by atoms with Gasteiger partial charge in [-0.15, -0.1) is 0 Å². The van der Waals surface area contributed by atoms with Gasteiger partial charge in [-0.1, -0.05) is 34.6 Å². The van der Waals surface area contributed by atoms with Gasteiger partial charge in [0.05, 0.1) is 42.0 Å². The topological polar surface area (TPSA) is 180 Å². The zero-order valence-corrected chi connectivity index (χ0v) is 34.4. The lowest BCUT2D eigenvalue weighted by Crippen LogP contribution is -2.61. The van der Waals surface area contributed by atoms with Crippen LogP contribution in [0.5, 0.6) is 0 Å². The van der Waals surface area contributed by atoms with E-state index in [-0.39, 0.29) is 30.8 Å². The van der Waals surface area contributed by atoms with Crippen LogP contribution >= 0.6 is 0 Å². The first-order valence-electron chi connectivity index (χ1n) is 19.3. The molecule has 3 heterocycles. The van der Waals surface area contributed by atoms with E-state index in [4.69, 9.17) is 33.2 Å². The molecular weight excluding hydrogens is 690 g/mol. The molecule has 3 aliphatic rings. The van der Waals surface area contributed by atoms with Crippen molar-refractivity contribution in [3.63, 3.8) is 0 Å². The minimum Gasteiger partial charge on any atom is -0.462 e. The van der Waals surface area contributed by atoms with Gasteiger partial charge in [0.25, 0.3) is 0 Å². The van der Waals surface area contributed by atoms with Gasteiger partial charge in [-0.25, -0.2) is 0 Å². The minimum atomic E-state index is -1.74. The highest BCUT2D eigenvalue weighted by Crippen LogP contribution is 2.41. The van der Waals surface area contributed by atoms with Crippen molar-refractivity contribution in [2.45, 2.75) is 181 Å². The summed E-state index contributed by atoms with van der Waals surface area (Å²) in [4.78, 5) is 41.9. The first-order valence-corrected chi connectivity index (χ1v) is 19.3. The Kier molecular flexibility index (Phi) is 15.9. The van der Waals surface area contributed by atoms with Crippen LogP contribution < -0.4 is 0 Å². The molecule has 308 valence electrons. The molecule has 53 heavy (non-hydrogen) atoms. The smallest absolute Gasteiger partial charge is 0.311 e. The molecule has 3 aliphatic heterocycles. The summed E-state index contributed by atoms with van der Waals surface area (Å²) in [5.41, 5.74) is -2.77. The standard InChI is InChI=1S/C39H69NO13/c1-15-28-21(4)31(43)22(5)30(42)19(2)17-38(10,46)34(53-37-32(44)27(40(12)13)16-20(3)48-37)23(6)33(24(7)36(45)51-28)52-29-18-39(11,47-14)35(25(8)49-29)50-26(9)41/h19-25,27-29,31-35,37,43-44,46H,15-18H2,1-14H3/t19-,20-,21+,22+,23+,24-,25+,27+,28-,29+,31+,32-,33+,34-,35+,37+,38-,39-/m1/s1. The van der Waals surface area contributed by atoms with Crippen LogP contribution in [0.4, 0.5) is 0 Å². The number of hydrogen-bond donors (Lipinski definition) is 3. The minimum absolute atomic E-state index is 0.0622. The predicted octanol–water partition coefficient (Wildman–Crippen LogP) is 3.24. The Bertz CT molecular complexity index is 1230. The van der Waals surface area contributed by atoms with Crippen LogP contribution in [0, 0.1) is 29.6 Å². The van der Waals surface area contributed by atoms with Gasteiger partial charge in [0, 0.05) is 50.2 Å². The van der Waals surface area contributed by atoms with E-state index in [1.807, 2.05) is 32.8 Å². The van der Waals surface area contributed by atoms with Crippen molar-refractivity contribution in [2.75, 3.05) is 21.2 Å². The van der Waals surface area contributed by atoms with E-state index in [0.717, 1.165) is 0 Å². The van der Waals surface area contributed by atoms with Crippen LogP contribution in [0.15, 0.2) is 0 Å². The maximum absolute atomic E-state index is 14.1. The molecule has 3 N–H and O–H groups in total. The fourth-order valence-electron chi connectivity index (χ4n) is 8.74. The lowest BCUT2D eigenvalue weighted by atomic mass is 9.74. The molecule has 0 aromatic carbocycles. The highest BCUT2D eigenvalue weighted by atomic mass is 16.7. The number of methoxy groups -OCH3 is 1. The molecule has 0 radical (unpaired) electrons. The largest absolute Gasteiger partial charge is 0.462 e. The molecule has 18 atom stereocenters. The summed E-state index contributed by atoms with van der Waals surface area (Å²) >= 11 is 0. The van der Waals surface area contributed by atoms with Crippen molar-refractivity contribution in [3.8, 4) is 0 Å². The van der Waals surface area contributed by atoms with Crippen molar-refractivity contribution >= 4 is 17.7 Å². The van der Waals surface area contributed by atoms with E-state index in [1.54, 1.807) is 55.4 Å². The first kappa shape index (κ1) is 45.6. The number of esters is 2. The monoisotopic (exact) mass is 759 g/mol. The lowest BCUT2D eigenvalue weighted by Gasteiger charge is -2.49. The van der Waals surface area contributed by atoms with Gasteiger partial charge in [0.1, 0.15) is 23.6 Å². The zero-order chi connectivity index (χ0) is 40.3. The number of rotatable bonds is 8. The maximum Gasteiger partial charge on any atom is 0.311 e. The second-order valence-corrected chi connectivity index (χ2v) is 16.8. The maximum atomic E-state index is 14.1. The third kappa shape index (κ3) is 10.6. The Labute approximate surface area is 316 Å². The number of aliphatic hydroxyl groups is 3. The average Bonchev–Trinajstić information content (AvgIpc) is 3.08. The van der Waals surface area contributed by atoms with Gasteiger partial charge in [-0.3, -0.25) is 14.4 Å². The summed E-state index contributed by atoms with van der Waals surface area (Å²) in [6.07, 6.45) is -7.96. The highest BCUT2D eigenvalue weighted by molar-refractivity contribution is 5.83. The van der Waals surface area contributed by atoms with Crippen molar-refractivity contribution in [1.82, 2.24) is 4.90 Å². The van der Waals surface area contributed by atoms with Crippen molar-refractivity contribution in [3.05, 3.63) is 0 Å². The summed E-state index contributed by atoms with van der Waals surface area (Å²) in [5.74, 6) is -5.21. The molecule has 3 rings (SSSR count). The Hall–Kier alpha value is -1.75. The number of ketones is 1. The summed E-state index contributed by atoms with van der Waals surface area (Å²) in [7, 11) is 5.23. The number of hydrogen-bond acceptors (Lipinski definition) is 14. The fourth-order valence-corrected chi connectivity index (χ4v) is 8.74. The molecule has 0 unspecified atom stereocenters. The quantitative estimate of drug-likeness (QED) is 0.307. The van der Waals surface area contributed by atoms with Gasteiger partial charge in [0.2, 0.25) is 0 Å². The molecule has 14 heteroatoms. The van der Waals surface area contributed by atoms with Crippen molar-refractivity contribution < 1.29 is 62.9 Å². The Balaban J connectivity index is 2.16. The van der Waals surface area contributed by atoms with E-state index >= 15 is 0 Å². The van der Waals surface area contributed by atoms with Crippen LogP contribution in [0.3, 0.4) is 0 Å². The van der Waals surface area contributed by atoms with Gasteiger partial charge < -0.3 is 53.4 Å². The summed E-state index contributed by atoms with van der Waals surface area (Å²) in [6, 6.07) is -0.312. The Morgan fingerprint density at radius 3 is 2.08 bits per heavy atom. The number of Topliss-reactive ketones (excluding diaryl/α,β-unsaturated/α-hetero) is 1. The fraction of sp³-hybridized carbons (Fsp3) is 0.923. The van der Waals surface area contributed by atoms with Gasteiger partial charge in [-0.2, -0.15) is 0 Å². The molecule has 0 aliphatic carbocycles. The van der Waals surface area contributed by atoms with Crippen molar-refractivity contribution in [2.24, 2.45) is 29.6 Å². The molecule has 0 aromatic rings. The van der Waals surface area contributed by atoms with E-state index < -0.39 is 108 Å². The average molecular weight is 760 g/mol. The van der Waals surface area contributed by atoms with Crippen LogP contribution in [0.1, 0.15) is 102 Å². The number of nitrogens with zero attached hydrogens (tertiary/aromatic N) is 1. The molecule has 0 bridgehead atoms.